The monoisotopic (exact) mass is 641 g/mol. The minimum Gasteiger partial charge on any atom is -0.508 e. The molecule has 7 atom stereocenters. The number of aromatic hydroxyl groups is 1. The maximum atomic E-state index is 13.8. The highest BCUT2D eigenvalue weighted by Crippen LogP contribution is 2.58. The fourth-order valence-corrected chi connectivity index (χ4v) is 6.09. The number of esters is 1. The van der Waals surface area contributed by atoms with Crippen molar-refractivity contribution in [3.05, 3.63) is 76.9 Å². The number of hydrogen-bond donors (Lipinski definition) is 5. The molecule has 0 bridgehead atoms. The first-order valence-corrected chi connectivity index (χ1v) is 14.7. The fourth-order valence-electron chi connectivity index (χ4n) is 5.92. The van der Waals surface area contributed by atoms with E-state index in [1.165, 1.54) is 25.1 Å². The molecule has 0 radical (unpaired) electrons. The second-order valence-electron chi connectivity index (χ2n) is 10.8. The summed E-state index contributed by atoms with van der Waals surface area (Å²) in [5, 5.41) is 43.7. The summed E-state index contributed by atoms with van der Waals surface area (Å²) in [6.07, 6.45) is -5.04. The van der Waals surface area contributed by atoms with Gasteiger partial charge in [0.15, 0.2) is 5.60 Å². The summed E-state index contributed by atoms with van der Waals surface area (Å²) < 4.78 is 35.1. The van der Waals surface area contributed by atoms with Crippen molar-refractivity contribution in [2.24, 2.45) is 0 Å². The van der Waals surface area contributed by atoms with Crippen LogP contribution in [-0.2, 0) is 24.4 Å². The van der Waals surface area contributed by atoms with E-state index in [0.29, 0.717) is 47.8 Å². The Morgan fingerprint density at radius 2 is 1.78 bits per heavy atom. The number of benzene rings is 3. The maximum absolute atomic E-state index is 13.8. The number of nitrogens with one attached hydrogen (secondary N) is 1. The van der Waals surface area contributed by atoms with E-state index in [1.54, 1.807) is 36.4 Å². The van der Waals surface area contributed by atoms with Crippen molar-refractivity contribution in [1.29, 1.82) is 0 Å². The van der Waals surface area contributed by atoms with Gasteiger partial charge in [0.05, 0.1) is 19.8 Å². The van der Waals surface area contributed by atoms with Crippen molar-refractivity contribution in [3.8, 4) is 28.7 Å². The molecule has 2 unspecified atom stereocenters. The molecular weight excluding hydrogens is 609 g/mol. The van der Waals surface area contributed by atoms with Gasteiger partial charge in [0.2, 0.25) is 12.2 Å². The van der Waals surface area contributed by atoms with Gasteiger partial charge in [-0.15, -0.1) is 0 Å². The van der Waals surface area contributed by atoms with Crippen LogP contribution in [0.1, 0.15) is 40.4 Å². The Hall–Kier alpha value is -3.97. The zero-order valence-corrected chi connectivity index (χ0v) is 25.2. The number of phenolic OH excluding ortho intramolecular Hbond substituents is 1. The summed E-state index contributed by atoms with van der Waals surface area (Å²) in [5.41, 5.74) is -0.115. The highest BCUT2D eigenvalue weighted by Gasteiger charge is 2.55. The normalized spacial score (nSPS) is 26.2. The summed E-state index contributed by atoms with van der Waals surface area (Å²) in [4.78, 5) is 25.7. The molecule has 1 fully saturated rings. The SMILES string of the molecule is CC(=O)N[C@H]1[C@H](Oc2cccc3c2C(=O)OC32c3ccc(O)cc3Oc3cc(OCCCOP)ccc32)O[C@H](CO)[C@@H](O)[C@@H]1O. The third kappa shape index (κ3) is 5.45. The molecule has 3 aliphatic heterocycles. The molecule has 3 heterocycles. The van der Waals surface area contributed by atoms with Crippen LogP contribution in [0, 0.1) is 0 Å². The van der Waals surface area contributed by atoms with Crippen LogP contribution in [0.3, 0.4) is 0 Å². The number of aliphatic hydroxyl groups excluding tert-OH is 3. The first-order valence-electron chi connectivity index (χ1n) is 14.2. The summed E-state index contributed by atoms with van der Waals surface area (Å²) in [7, 11) is 2.19. The van der Waals surface area contributed by atoms with Gasteiger partial charge in [-0.25, -0.2) is 4.79 Å². The van der Waals surface area contributed by atoms with Gasteiger partial charge in [-0.05, 0) is 30.3 Å². The second-order valence-corrected chi connectivity index (χ2v) is 11.1. The number of phenols is 1. The lowest BCUT2D eigenvalue weighted by Crippen LogP contribution is -2.65. The smallest absolute Gasteiger partial charge is 0.343 e. The number of carbonyl (C=O) groups is 2. The van der Waals surface area contributed by atoms with Crippen molar-refractivity contribution >= 4 is 21.3 Å². The van der Waals surface area contributed by atoms with Gasteiger partial charge in [-0.3, -0.25) is 4.79 Å². The van der Waals surface area contributed by atoms with E-state index in [2.05, 4.69) is 14.8 Å². The number of fused-ring (bicyclic) bond motifs is 6. The molecule has 0 aromatic heterocycles. The molecule has 5 N–H and O–H groups in total. The molecule has 0 aliphatic carbocycles. The van der Waals surface area contributed by atoms with Gasteiger partial charge >= 0.3 is 5.97 Å². The quantitative estimate of drug-likeness (QED) is 0.130. The fraction of sp³-hybridized carbons (Fsp3) is 0.355. The number of amides is 1. The number of hydrogen-bond acceptors (Lipinski definition) is 12. The van der Waals surface area contributed by atoms with Crippen LogP contribution < -0.4 is 19.5 Å². The summed E-state index contributed by atoms with van der Waals surface area (Å²) in [5.74, 6) is -0.207. The molecule has 3 aromatic rings. The minimum atomic E-state index is -1.55. The van der Waals surface area contributed by atoms with Crippen molar-refractivity contribution < 1.29 is 58.2 Å². The Kier molecular flexibility index (Phi) is 8.57. The number of ether oxygens (including phenoxy) is 5. The van der Waals surface area contributed by atoms with Gasteiger partial charge in [-0.1, -0.05) is 12.1 Å². The van der Waals surface area contributed by atoms with E-state index in [4.69, 9.17) is 28.2 Å². The molecular formula is C31H32NO12P. The molecule has 1 spiro atoms. The maximum Gasteiger partial charge on any atom is 0.343 e. The van der Waals surface area contributed by atoms with Crippen LogP contribution in [0.15, 0.2) is 54.6 Å². The number of carbonyl (C=O) groups excluding carboxylic acids is 2. The largest absolute Gasteiger partial charge is 0.508 e. The molecule has 0 saturated carbocycles. The lowest BCUT2D eigenvalue weighted by Gasteiger charge is -2.42. The van der Waals surface area contributed by atoms with E-state index < -0.39 is 54.7 Å². The summed E-state index contributed by atoms with van der Waals surface area (Å²) >= 11 is 0. The second kappa shape index (κ2) is 12.4. The highest BCUT2D eigenvalue weighted by molar-refractivity contribution is 7.09. The molecule has 1 saturated heterocycles. The molecule has 1 amide bonds. The Morgan fingerprint density at radius 3 is 2.51 bits per heavy atom. The Bertz CT molecular complexity index is 1620. The minimum absolute atomic E-state index is 0.0136. The third-order valence-electron chi connectivity index (χ3n) is 7.92. The zero-order valence-electron chi connectivity index (χ0n) is 24.0. The molecule has 238 valence electrons. The van der Waals surface area contributed by atoms with Gasteiger partial charge in [0, 0.05) is 51.6 Å². The lowest BCUT2D eigenvalue weighted by atomic mass is 9.77. The standard InChI is InChI=1S/C31H32NO12P/c1-15(34)32-26-28(37)27(36)24(14-33)43-30(26)42-21-5-2-4-20-25(21)29(38)44-31(20)18-8-6-16(35)12-22(18)41-23-13-17(7-9-19(23)31)39-10-3-11-40-45/h2,4-9,12-13,24,26-28,30,33,35-37H,3,10-11,14,45H2,1H3,(H,32,34)/t24-,26-,27-,28-,30-,31?/m1/s1. The van der Waals surface area contributed by atoms with Crippen molar-refractivity contribution in [2.45, 2.75) is 49.6 Å². The van der Waals surface area contributed by atoms with Crippen LogP contribution in [0.5, 0.6) is 28.7 Å². The van der Waals surface area contributed by atoms with E-state index in [-0.39, 0.29) is 22.8 Å². The first kappa shape index (κ1) is 31.0. The Morgan fingerprint density at radius 1 is 1.02 bits per heavy atom. The Labute approximate surface area is 259 Å². The van der Waals surface area contributed by atoms with E-state index in [9.17, 15) is 30.0 Å². The van der Waals surface area contributed by atoms with E-state index in [0.717, 1.165) is 0 Å². The van der Waals surface area contributed by atoms with Gasteiger partial charge < -0.3 is 54.0 Å². The van der Waals surface area contributed by atoms with Crippen molar-refractivity contribution in [3.63, 3.8) is 0 Å². The molecule has 14 heteroatoms. The number of aliphatic hydroxyl groups is 3. The van der Waals surface area contributed by atoms with Crippen molar-refractivity contribution in [1.82, 2.24) is 5.32 Å². The molecule has 13 nitrogen and oxygen atoms in total. The van der Waals surface area contributed by atoms with Gasteiger partial charge in [0.1, 0.15) is 58.7 Å². The molecule has 3 aliphatic rings. The first-order chi connectivity index (χ1) is 21.7. The number of rotatable bonds is 9. The molecule has 3 aromatic carbocycles. The van der Waals surface area contributed by atoms with Crippen LogP contribution in [0.4, 0.5) is 0 Å². The average Bonchev–Trinajstić information content (AvgIpc) is 3.31. The average molecular weight is 642 g/mol. The van der Waals surface area contributed by atoms with Crippen LogP contribution >= 0.6 is 9.47 Å². The Balaban J connectivity index is 1.43. The van der Waals surface area contributed by atoms with Crippen LogP contribution in [0.25, 0.3) is 0 Å². The molecule has 45 heavy (non-hydrogen) atoms. The van der Waals surface area contributed by atoms with Crippen LogP contribution in [-0.4, -0.2) is 82.8 Å². The van der Waals surface area contributed by atoms with Gasteiger partial charge in [-0.2, -0.15) is 0 Å². The van der Waals surface area contributed by atoms with E-state index >= 15 is 0 Å². The summed E-state index contributed by atoms with van der Waals surface area (Å²) in [6, 6.07) is 13.3. The molecule has 6 rings (SSSR count). The van der Waals surface area contributed by atoms with E-state index in [1.807, 2.05) is 0 Å². The van der Waals surface area contributed by atoms with Crippen molar-refractivity contribution in [2.75, 3.05) is 19.8 Å². The topological polar surface area (TPSA) is 182 Å². The highest BCUT2D eigenvalue weighted by atomic mass is 31.0. The zero-order chi connectivity index (χ0) is 31.9. The lowest BCUT2D eigenvalue weighted by molar-refractivity contribution is -0.244. The third-order valence-corrected chi connectivity index (χ3v) is 8.16. The van der Waals surface area contributed by atoms with Gasteiger partial charge in [0.25, 0.3) is 0 Å². The summed E-state index contributed by atoms with van der Waals surface area (Å²) in [6.45, 7) is 1.47. The van der Waals surface area contributed by atoms with Crippen LogP contribution in [0.2, 0.25) is 0 Å². The predicted molar refractivity (Wildman–Crippen MR) is 158 cm³/mol. The predicted octanol–water partition coefficient (Wildman–Crippen LogP) is 1.86.